The van der Waals surface area contributed by atoms with Crippen LogP contribution >= 0.6 is 0 Å². The lowest BCUT2D eigenvalue weighted by Gasteiger charge is -2.47. The van der Waals surface area contributed by atoms with Crippen LogP contribution in [-0.2, 0) is 17.7 Å². The minimum absolute atomic E-state index is 0.398. The fourth-order valence-electron chi connectivity index (χ4n) is 4.19. The number of hydrogen-bond acceptors (Lipinski definition) is 4. The maximum Gasteiger partial charge on any atom is 0.265 e. The Labute approximate surface area is 235 Å². The van der Waals surface area contributed by atoms with Crippen molar-refractivity contribution in [2.24, 2.45) is 0 Å². The largest absolute Gasteiger partial charge is 0.400 e. The van der Waals surface area contributed by atoms with E-state index in [2.05, 4.69) is 78.9 Å². The topological polar surface area (TPSA) is 36.9 Å². The van der Waals surface area contributed by atoms with E-state index in [1.165, 1.54) is 0 Å². The summed E-state index contributed by atoms with van der Waals surface area (Å²) in [5.74, 6) is 0. The average molecular weight is 581 g/mol. The molecule has 0 aromatic rings. The Kier molecular flexibility index (Phi) is 13.0. The molecule has 1 aliphatic carbocycles. The van der Waals surface area contributed by atoms with Crippen LogP contribution in [-0.4, -0.2) is 57.7 Å². The highest BCUT2D eigenvalue weighted by Crippen LogP contribution is 2.36. The molecular formula is C30H44O4Si4. The van der Waals surface area contributed by atoms with Gasteiger partial charge < -0.3 is 17.7 Å². The van der Waals surface area contributed by atoms with Crippen molar-refractivity contribution in [3.05, 3.63) is 147 Å². The van der Waals surface area contributed by atoms with Crippen LogP contribution in [0.4, 0.5) is 0 Å². The van der Waals surface area contributed by atoms with Gasteiger partial charge in [-0.05, 0) is 0 Å². The lowest BCUT2D eigenvalue weighted by molar-refractivity contribution is -0.0793. The summed E-state index contributed by atoms with van der Waals surface area (Å²) < 4.78 is 27.0. The van der Waals surface area contributed by atoms with E-state index in [0.29, 0.717) is 12.8 Å². The minimum atomic E-state index is -2.69. The molecule has 1 fully saturated rings. The van der Waals surface area contributed by atoms with Crippen molar-refractivity contribution in [1.29, 1.82) is 0 Å². The first kappa shape index (κ1) is 33.6. The van der Waals surface area contributed by atoms with Crippen LogP contribution in [0.3, 0.4) is 0 Å². The van der Waals surface area contributed by atoms with Crippen LogP contribution in [0, 0.1) is 0 Å². The molecule has 1 rings (SSSR count). The molecule has 8 heteroatoms. The highest BCUT2D eigenvalue weighted by atomic mass is 28.4. The van der Waals surface area contributed by atoms with E-state index >= 15 is 0 Å². The average Bonchev–Trinajstić information content (AvgIpc) is 2.97. The van der Waals surface area contributed by atoms with E-state index < -0.39 is 57.7 Å². The molecule has 0 bridgehead atoms. The SMILES string of the molecule is C=C[Si](C=C)(C=C)OC1CC(O[Si](C=C)(C=C)C=C)C(O[Si](C=C)(C=C)C=C)CC1O[Si](C=C)(C=C)C=C. The van der Waals surface area contributed by atoms with E-state index in [1.54, 1.807) is 68.4 Å². The third-order valence-corrected chi connectivity index (χ3v) is 17.5. The van der Waals surface area contributed by atoms with Crippen LogP contribution in [0.15, 0.2) is 147 Å². The van der Waals surface area contributed by atoms with Gasteiger partial charge in [0.1, 0.15) is 0 Å². The predicted octanol–water partition coefficient (Wildman–Crippen LogP) is 6.81. The zero-order valence-corrected chi connectivity index (χ0v) is 26.8. The molecule has 0 aliphatic heterocycles. The molecule has 0 saturated heterocycles. The van der Waals surface area contributed by atoms with Crippen LogP contribution in [0.25, 0.3) is 0 Å². The second-order valence-electron chi connectivity index (χ2n) is 8.96. The van der Waals surface area contributed by atoms with E-state index in [9.17, 15) is 0 Å². The molecule has 0 aromatic carbocycles. The van der Waals surface area contributed by atoms with Gasteiger partial charge in [0.05, 0.1) is 24.4 Å². The molecule has 4 nitrogen and oxygen atoms in total. The Balaban J connectivity index is 3.73. The smallest absolute Gasteiger partial charge is 0.265 e. The third-order valence-electron chi connectivity index (χ3n) is 7.01. The molecule has 38 heavy (non-hydrogen) atoms. The van der Waals surface area contributed by atoms with Crippen LogP contribution in [0.1, 0.15) is 12.8 Å². The van der Waals surface area contributed by atoms with Gasteiger partial charge in [-0.2, -0.15) is 0 Å². The number of rotatable bonds is 20. The predicted molar refractivity (Wildman–Crippen MR) is 174 cm³/mol. The molecule has 1 saturated carbocycles. The lowest BCUT2D eigenvalue weighted by Crippen LogP contribution is -2.58. The van der Waals surface area contributed by atoms with Crippen LogP contribution in [0.5, 0.6) is 0 Å². The third kappa shape index (κ3) is 7.37. The van der Waals surface area contributed by atoms with E-state index in [-0.39, 0.29) is 0 Å². The van der Waals surface area contributed by atoms with Crippen molar-refractivity contribution in [3.63, 3.8) is 0 Å². The van der Waals surface area contributed by atoms with Crippen molar-refractivity contribution in [1.82, 2.24) is 0 Å². The fourth-order valence-corrected chi connectivity index (χ4v) is 10.4. The molecule has 0 aromatic heterocycles. The summed E-state index contributed by atoms with van der Waals surface area (Å²) in [6.07, 6.45) is -0.682. The van der Waals surface area contributed by atoms with Gasteiger partial charge in [0, 0.05) is 12.8 Å². The summed E-state index contributed by atoms with van der Waals surface area (Å²) in [6, 6.07) is 0. The van der Waals surface area contributed by atoms with Gasteiger partial charge in [0.25, 0.3) is 33.3 Å². The molecule has 0 N–H and O–H groups in total. The Hall–Kier alpha value is -2.41. The van der Waals surface area contributed by atoms with Crippen molar-refractivity contribution < 1.29 is 17.7 Å². The quantitative estimate of drug-likeness (QED) is 0.148. The van der Waals surface area contributed by atoms with Gasteiger partial charge in [-0.15, -0.1) is 78.9 Å². The van der Waals surface area contributed by atoms with Gasteiger partial charge in [0.15, 0.2) is 0 Å². The van der Waals surface area contributed by atoms with E-state index in [4.69, 9.17) is 17.7 Å². The van der Waals surface area contributed by atoms with Gasteiger partial charge in [-0.25, -0.2) is 0 Å². The zero-order valence-electron chi connectivity index (χ0n) is 22.8. The molecule has 0 radical (unpaired) electrons. The highest BCUT2D eigenvalue weighted by molar-refractivity contribution is 6.89. The normalized spacial score (nSPS) is 22.1. The Morgan fingerprint density at radius 1 is 0.316 bits per heavy atom. The maximum atomic E-state index is 6.75. The molecule has 4 atom stereocenters. The summed E-state index contributed by atoms with van der Waals surface area (Å²) in [5.41, 5.74) is 21.5. The van der Waals surface area contributed by atoms with Crippen molar-refractivity contribution in [2.45, 2.75) is 37.3 Å². The molecule has 4 unspecified atom stereocenters. The Morgan fingerprint density at radius 3 is 0.553 bits per heavy atom. The van der Waals surface area contributed by atoms with Crippen LogP contribution in [0.2, 0.25) is 0 Å². The minimum Gasteiger partial charge on any atom is -0.400 e. The van der Waals surface area contributed by atoms with Gasteiger partial charge in [-0.1, -0.05) is 68.4 Å². The molecule has 1 aliphatic rings. The summed E-state index contributed by atoms with van der Waals surface area (Å²) >= 11 is 0. The van der Waals surface area contributed by atoms with Crippen molar-refractivity contribution in [3.8, 4) is 0 Å². The fraction of sp³-hybridized carbons (Fsp3) is 0.200. The summed E-state index contributed by atoms with van der Waals surface area (Å²) in [7, 11) is -10.8. The molecule has 204 valence electrons. The molecule has 0 heterocycles. The van der Waals surface area contributed by atoms with Gasteiger partial charge >= 0.3 is 0 Å². The molecule has 0 spiro atoms. The standard InChI is InChI=1S/C30H44O4Si4/c1-13-35(14-2,15-3)31-27-25-29(33-37(19-7,20-8)21-9)30(34-38(22-10,23-11)24-12)26-28(27)32-36(16-4,17-5)18-6/h13-24,27-30H,1-12,25-26H2. The Bertz CT molecular complexity index is 744. The summed E-state index contributed by atoms with van der Waals surface area (Å²) in [6.45, 7) is 48.0. The summed E-state index contributed by atoms with van der Waals surface area (Å²) in [4.78, 5) is 0. The number of hydrogen-bond donors (Lipinski definition) is 0. The van der Waals surface area contributed by atoms with E-state index in [0.717, 1.165) is 0 Å². The second-order valence-corrected chi connectivity index (χ2v) is 21.6. The second kappa shape index (κ2) is 14.7. The first-order valence-electron chi connectivity index (χ1n) is 12.4. The summed E-state index contributed by atoms with van der Waals surface area (Å²) in [5, 5.41) is 0. The van der Waals surface area contributed by atoms with Gasteiger partial charge in [0.2, 0.25) is 0 Å². The van der Waals surface area contributed by atoms with Crippen molar-refractivity contribution >= 4 is 33.3 Å². The lowest BCUT2D eigenvalue weighted by atomic mass is 9.90. The molecular weight excluding hydrogens is 537 g/mol. The van der Waals surface area contributed by atoms with Crippen molar-refractivity contribution in [2.75, 3.05) is 0 Å². The zero-order chi connectivity index (χ0) is 29.0. The first-order valence-corrected chi connectivity index (χ1v) is 21.0. The Morgan fingerprint density at radius 2 is 0.447 bits per heavy atom. The first-order chi connectivity index (χ1) is 18.1. The van der Waals surface area contributed by atoms with E-state index in [1.807, 2.05) is 0 Å². The van der Waals surface area contributed by atoms with Crippen LogP contribution < -0.4 is 0 Å². The monoisotopic (exact) mass is 580 g/mol. The maximum absolute atomic E-state index is 6.75. The molecule has 0 amide bonds. The highest BCUT2D eigenvalue weighted by Gasteiger charge is 2.48. The van der Waals surface area contributed by atoms with Gasteiger partial charge in [-0.3, -0.25) is 0 Å².